The van der Waals surface area contributed by atoms with Crippen LogP contribution in [0.1, 0.15) is 21.5 Å². The highest BCUT2D eigenvalue weighted by molar-refractivity contribution is 6.04. The molecule has 0 aliphatic heterocycles. The second-order valence-corrected chi connectivity index (χ2v) is 5.69. The molecule has 0 atom stereocenters. The number of aryl methyl sites for hydroxylation is 2. The summed E-state index contributed by atoms with van der Waals surface area (Å²) in [6.07, 6.45) is 1.77. The van der Waals surface area contributed by atoms with E-state index in [0.717, 1.165) is 28.3 Å². The number of pyridine rings is 1. The predicted molar refractivity (Wildman–Crippen MR) is 97.8 cm³/mol. The number of anilines is 3. The molecule has 2 aromatic carbocycles. The third kappa shape index (κ3) is 3.79. The quantitative estimate of drug-likeness (QED) is 0.733. The number of carbonyl (C=O) groups is 1. The van der Waals surface area contributed by atoms with Crippen molar-refractivity contribution in [3.8, 4) is 0 Å². The lowest BCUT2D eigenvalue weighted by Gasteiger charge is -2.12. The Morgan fingerprint density at radius 3 is 2.50 bits per heavy atom. The first-order chi connectivity index (χ1) is 11.6. The van der Waals surface area contributed by atoms with E-state index in [4.69, 9.17) is 0 Å². The monoisotopic (exact) mass is 317 g/mol. The lowest BCUT2D eigenvalue weighted by molar-refractivity contribution is 0.102. The number of carbonyl (C=O) groups excluding carboxylic acids is 1. The Kier molecular flexibility index (Phi) is 4.57. The molecular weight excluding hydrogens is 298 g/mol. The number of nitrogens with one attached hydrogen (secondary N) is 2. The molecule has 1 amide bonds. The number of amides is 1. The number of benzene rings is 2. The summed E-state index contributed by atoms with van der Waals surface area (Å²) >= 11 is 0. The fourth-order valence-electron chi connectivity index (χ4n) is 2.37. The van der Waals surface area contributed by atoms with Crippen LogP contribution in [0.25, 0.3) is 0 Å². The van der Waals surface area contributed by atoms with Crippen molar-refractivity contribution in [3.63, 3.8) is 0 Å². The summed E-state index contributed by atoms with van der Waals surface area (Å²) in [5.74, 6) is 0.656. The first-order valence-electron chi connectivity index (χ1n) is 7.78. The van der Waals surface area contributed by atoms with Crippen molar-refractivity contribution in [1.29, 1.82) is 0 Å². The standard InChI is InChI=1S/C20H19N3O/c1-14-10-11-21-19(12-14)23-18-13-17(9-8-15(18)2)22-20(24)16-6-4-3-5-7-16/h3-13H,1-2H3,(H,21,23)(H,22,24). The topological polar surface area (TPSA) is 54.0 Å². The minimum Gasteiger partial charge on any atom is -0.340 e. The molecule has 1 heterocycles. The van der Waals surface area contributed by atoms with E-state index >= 15 is 0 Å². The van der Waals surface area contributed by atoms with Crippen LogP contribution < -0.4 is 10.6 Å². The fraction of sp³-hybridized carbons (Fsp3) is 0.100. The average Bonchev–Trinajstić information content (AvgIpc) is 2.59. The van der Waals surface area contributed by atoms with Gasteiger partial charge in [-0.25, -0.2) is 4.98 Å². The van der Waals surface area contributed by atoms with Gasteiger partial charge in [-0.15, -0.1) is 0 Å². The summed E-state index contributed by atoms with van der Waals surface area (Å²) in [7, 11) is 0. The van der Waals surface area contributed by atoms with Crippen LogP contribution in [0.4, 0.5) is 17.2 Å². The first kappa shape index (κ1) is 15.7. The third-order valence-corrected chi connectivity index (χ3v) is 3.71. The van der Waals surface area contributed by atoms with Crippen LogP contribution in [-0.4, -0.2) is 10.9 Å². The van der Waals surface area contributed by atoms with Crippen molar-refractivity contribution in [2.75, 3.05) is 10.6 Å². The molecule has 0 fully saturated rings. The van der Waals surface area contributed by atoms with Crippen molar-refractivity contribution in [2.24, 2.45) is 0 Å². The van der Waals surface area contributed by atoms with Gasteiger partial charge in [0.1, 0.15) is 5.82 Å². The van der Waals surface area contributed by atoms with Gasteiger partial charge in [0.15, 0.2) is 0 Å². The summed E-state index contributed by atoms with van der Waals surface area (Å²) in [6, 6.07) is 18.9. The van der Waals surface area contributed by atoms with E-state index in [1.54, 1.807) is 18.3 Å². The second-order valence-electron chi connectivity index (χ2n) is 5.69. The maximum atomic E-state index is 12.3. The third-order valence-electron chi connectivity index (χ3n) is 3.71. The lowest BCUT2D eigenvalue weighted by atomic mass is 10.1. The molecule has 4 nitrogen and oxygen atoms in total. The zero-order chi connectivity index (χ0) is 16.9. The molecule has 1 aromatic heterocycles. The molecule has 0 aliphatic rings. The van der Waals surface area contributed by atoms with Gasteiger partial charge in [0.05, 0.1) is 0 Å². The first-order valence-corrected chi connectivity index (χ1v) is 7.78. The zero-order valence-corrected chi connectivity index (χ0v) is 13.7. The molecule has 24 heavy (non-hydrogen) atoms. The summed E-state index contributed by atoms with van der Waals surface area (Å²) in [6.45, 7) is 4.04. The van der Waals surface area contributed by atoms with Crippen LogP contribution in [0.15, 0.2) is 66.9 Å². The van der Waals surface area contributed by atoms with Gasteiger partial charge in [-0.3, -0.25) is 4.79 Å². The van der Waals surface area contributed by atoms with Gasteiger partial charge >= 0.3 is 0 Å². The zero-order valence-electron chi connectivity index (χ0n) is 13.7. The normalized spacial score (nSPS) is 10.2. The second kappa shape index (κ2) is 6.96. The van der Waals surface area contributed by atoms with Gasteiger partial charge in [-0.2, -0.15) is 0 Å². The van der Waals surface area contributed by atoms with E-state index in [-0.39, 0.29) is 5.91 Å². The van der Waals surface area contributed by atoms with Crippen LogP contribution in [0, 0.1) is 13.8 Å². The molecule has 0 unspecified atom stereocenters. The predicted octanol–water partition coefficient (Wildman–Crippen LogP) is 4.69. The molecule has 0 saturated carbocycles. The van der Waals surface area contributed by atoms with Crippen LogP contribution >= 0.6 is 0 Å². The minimum absolute atomic E-state index is 0.126. The Labute approximate surface area is 141 Å². The number of hydrogen-bond donors (Lipinski definition) is 2. The van der Waals surface area contributed by atoms with Crippen molar-refractivity contribution < 1.29 is 4.79 Å². The summed E-state index contributed by atoms with van der Waals surface area (Å²) in [5.41, 5.74) is 4.51. The van der Waals surface area contributed by atoms with Crippen molar-refractivity contribution in [1.82, 2.24) is 4.98 Å². The number of hydrogen-bond acceptors (Lipinski definition) is 3. The summed E-state index contributed by atoms with van der Waals surface area (Å²) < 4.78 is 0. The van der Waals surface area contributed by atoms with Crippen LogP contribution in [0.3, 0.4) is 0 Å². The maximum Gasteiger partial charge on any atom is 0.255 e. The van der Waals surface area contributed by atoms with E-state index in [1.165, 1.54) is 0 Å². The van der Waals surface area contributed by atoms with Crippen molar-refractivity contribution >= 4 is 23.1 Å². The maximum absolute atomic E-state index is 12.3. The van der Waals surface area contributed by atoms with E-state index in [1.807, 2.05) is 62.4 Å². The molecule has 0 radical (unpaired) electrons. The molecule has 120 valence electrons. The van der Waals surface area contributed by atoms with Crippen molar-refractivity contribution in [2.45, 2.75) is 13.8 Å². The lowest BCUT2D eigenvalue weighted by Crippen LogP contribution is -2.11. The molecule has 0 saturated heterocycles. The van der Waals surface area contributed by atoms with Gasteiger partial charge < -0.3 is 10.6 Å². The Hall–Kier alpha value is -3.14. The van der Waals surface area contributed by atoms with Crippen molar-refractivity contribution in [3.05, 3.63) is 83.6 Å². The highest BCUT2D eigenvalue weighted by atomic mass is 16.1. The van der Waals surface area contributed by atoms with Crippen LogP contribution in [0.5, 0.6) is 0 Å². The van der Waals surface area contributed by atoms with Gasteiger partial charge in [0, 0.05) is 23.1 Å². The van der Waals surface area contributed by atoms with Gasteiger partial charge in [-0.05, 0) is 61.4 Å². The van der Waals surface area contributed by atoms with E-state index in [2.05, 4.69) is 15.6 Å². The largest absolute Gasteiger partial charge is 0.340 e. The molecule has 2 N–H and O–H groups in total. The average molecular weight is 317 g/mol. The SMILES string of the molecule is Cc1ccnc(Nc2cc(NC(=O)c3ccccc3)ccc2C)c1. The Morgan fingerprint density at radius 2 is 1.75 bits per heavy atom. The Morgan fingerprint density at radius 1 is 0.958 bits per heavy atom. The van der Waals surface area contributed by atoms with Crippen LogP contribution in [-0.2, 0) is 0 Å². The van der Waals surface area contributed by atoms with E-state index < -0.39 is 0 Å². The fourth-order valence-corrected chi connectivity index (χ4v) is 2.37. The summed E-state index contributed by atoms with van der Waals surface area (Å²) in [5, 5.41) is 6.23. The molecular formula is C20H19N3O. The smallest absolute Gasteiger partial charge is 0.255 e. The highest BCUT2D eigenvalue weighted by Gasteiger charge is 2.07. The molecule has 3 rings (SSSR count). The molecule has 0 bridgehead atoms. The van der Waals surface area contributed by atoms with Gasteiger partial charge in [-0.1, -0.05) is 24.3 Å². The number of aromatic nitrogens is 1. The number of rotatable bonds is 4. The van der Waals surface area contributed by atoms with Gasteiger partial charge in [0.25, 0.3) is 5.91 Å². The molecule has 4 heteroatoms. The Bertz CT molecular complexity index is 860. The highest BCUT2D eigenvalue weighted by Crippen LogP contribution is 2.24. The Balaban J connectivity index is 1.80. The van der Waals surface area contributed by atoms with Crippen LogP contribution in [0.2, 0.25) is 0 Å². The minimum atomic E-state index is -0.126. The number of nitrogens with zero attached hydrogens (tertiary/aromatic N) is 1. The molecule has 0 aliphatic carbocycles. The molecule has 0 spiro atoms. The van der Waals surface area contributed by atoms with E-state index in [0.29, 0.717) is 5.56 Å². The summed E-state index contributed by atoms with van der Waals surface area (Å²) in [4.78, 5) is 16.6. The molecule has 3 aromatic rings. The van der Waals surface area contributed by atoms with Gasteiger partial charge in [0.2, 0.25) is 0 Å². The van der Waals surface area contributed by atoms with E-state index in [9.17, 15) is 4.79 Å².